The summed E-state index contributed by atoms with van der Waals surface area (Å²) in [7, 11) is 0. The molecule has 0 radical (unpaired) electrons. The molecular weight excluding hydrogens is 216 g/mol. The first-order chi connectivity index (χ1) is 8.20. The van der Waals surface area contributed by atoms with Gasteiger partial charge in [-0.15, -0.1) is 0 Å². The molecule has 0 amide bonds. The number of nitrogens with one attached hydrogen (secondary N) is 1. The number of hydrogen-bond acceptors (Lipinski definition) is 3. The lowest BCUT2D eigenvalue weighted by Gasteiger charge is -2.09. The van der Waals surface area contributed by atoms with Gasteiger partial charge in [-0.3, -0.25) is 0 Å². The third-order valence-electron chi connectivity index (χ3n) is 3.28. The first-order valence-electron chi connectivity index (χ1n) is 5.97. The molecule has 90 valence electrons. The molecule has 0 spiro atoms. The molecule has 1 aliphatic rings. The Morgan fingerprint density at radius 1 is 1.59 bits per heavy atom. The SMILES string of the molecule is Cc1[nH]c(C#N)cc1C(=O)OCC1CCCC1. The summed E-state index contributed by atoms with van der Waals surface area (Å²) in [6.45, 7) is 2.28. The second kappa shape index (κ2) is 5.05. The van der Waals surface area contributed by atoms with Crippen LogP contribution in [0.2, 0.25) is 0 Å². The van der Waals surface area contributed by atoms with Crippen molar-refractivity contribution in [3.8, 4) is 6.07 Å². The molecule has 0 aromatic carbocycles. The van der Waals surface area contributed by atoms with E-state index in [9.17, 15) is 4.79 Å². The lowest BCUT2D eigenvalue weighted by Crippen LogP contribution is -2.12. The summed E-state index contributed by atoms with van der Waals surface area (Å²) in [6.07, 6.45) is 4.79. The molecule has 1 saturated carbocycles. The molecule has 1 aromatic rings. The molecule has 0 bridgehead atoms. The van der Waals surface area contributed by atoms with Gasteiger partial charge in [-0.1, -0.05) is 12.8 Å². The highest BCUT2D eigenvalue weighted by Gasteiger charge is 2.19. The summed E-state index contributed by atoms with van der Waals surface area (Å²) in [5, 5.41) is 8.73. The van der Waals surface area contributed by atoms with Crippen molar-refractivity contribution in [2.75, 3.05) is 6.61 Å². The number of H-pyrrole nitrogens is 1. The van der Waals surface area contributed by atoms with Crippen LogP contribution in [0.3, 0.4) is 0 Å². The van der Waals surface area contributed by atoms with Crippen LogP contribution in [0.1, 0.15) is 47.4 Å². The molecule has 17 heavy (non-hydrogen) atoms. The highest BCUT2D eigenvalue weighted by Crippen LogP contribution is 2.25. The van der Waals surface area contributed by atoms with Crippen molar-refractivity contribution < 1.29 is 9.53 Å². The number of hydrogen-bond donors (Lipinski definition) is 1. The van der Waals surface area contributed by atoms with Gasteiger partial charge in [0.15, 0.2) is 0 Å². The van der Waals surface area contributed by atoms with Gasteiger partial charge in [-0.2, -0.15) is 5.26 Å². The molecule has 0 atom stereocenters. The number of aromatic nitrogens is 1. The van der Waals surface area contributed by atoms with Crippen LogP contribution in [-0.2, 0) is 4.74 Å². The number of nitriles is 1. The average molecular weight is 232 g/mol. The summed E-state index contributed by atoms with van der Waals surface area (Å²) in [6, 6.07) is 3.52. The van der Waals surface area contributed by atoms with E-state index in [4.69, 9.17) is 10.00 Å². The van der Waals surface area contributed by atoms with Crippen molar-refractivity contribution in [3.63, 3.8) is 0 Å². The van der Waals surface area contributed by atoms with E-state index in [-0.39, 0.29) is 5.97 Å². The minimum absolute atomic E-state index is 0.327. The first kappa shape index (κ1) is 11.7. The molecule has 0 aliphatic heterocycles. The van der Waals surface area contributed by atoms with Gasteiger partial charge < -0.3 is 9.72 Å². The van der Waals surface area contributed by atoms with E-state index in [1.807, 2.05) is 6.07 Å². The summed E-state index contributed by atoms with van der Waals surface area (Å²) in [5.41, 5.74) is 1.56. The van der Waals surface area contributed by atoms with Crippen molar-refractivity contribution in [3.05, 3.63) is 23.0 Å². The Balaban J connectivity index is 1.94. The smallest absolute Gasteiger partial charge is 0.340 e. The van der Waals surface area contributed by atoms with Gasteiger partial charge in [0.1, 0.15) is 11.8 Å². The van der Waals surface area contributed by atoms with E-state index in [0.29, 0.717) is 29.5 Å². The van der Waals surface area contributed by atoms with Crippen molar-refractivity contribution >= 4 is 5.97 Å². The molecular formula is C13H16N2O2. The van der Waals surface area contributed by atoms with Crippen molar-refractivity contribution in [2.45, 2.75) is 32.6 Å². The normalized spacial score (nSPS) is 15.8. The van der Waals surface area contributed by atoms with Crippen LogP contribution in [0, 0.1) is 24.2 Å². The third-order valence-corrected chi connectivity index (χ3v) is 3.28. The van der Waals surface area contributed by atoms with Crippen LogP contribution >= 0.6 is 0 Å². The second-order valence-corrected chi connectivity index (χ2v) is 4.58. The molecule has 1 N–H and O–H groups in total. The quantitative estimate of drug-likeness (QED) is 0.814. The van der Waals surface area contributed by atoms with Gasteiger partial charge in [0.25, 0.3) is 0 Å². The molecule has 1 aromatic heterocycles. The van der Waals surface area contributed by atoms with Crippen LogP contribution in [-0.4, -0.2) is 17.6 Å². The minimum atomic E-state index is -0.327. The lowest BCUT2D eigenvalue weighted by molar-refractivity contribution is 0.0442. The van der Waals surface area contributed by atoms with Crippen LogP contribution in [0.15, 0.2) is 6.07 Å². The minimum Gasteiger partial charge on any atom is -0.462 e. The summed E-state index contributed by atoms with van der Waals surface area (Å²) in [5.74, 6) is 0.195. The van der Waals surface area contributed by atoms with Gasteiger partial charge >= 0.3 is 5.97 Å². The first-order valence-corrected chi connectivity index (χ1v) is 5.97. The molecule has 2 rings (SSSR count). The largest absolute Gasteiger partial charge is 0.462 e. The Hall–Kier alpha value is -1.76. The van der Waals surface area contributed by atoms with Crippen molar-refractivity contribution in [1.29, 1.82) is 5.26 Å². The highest BCUT2D eigenvalue weighted by atomic mass is 16.5. The molecule has 1 aliphatic carbocycles. The van der Waals surface area contributed by atoms with Crippen LogP contribution in [0.5, 0.6) is 0 Å². The second-order valence-electron chi connectivity index (χ2n) is 4.58. The van der Waals surface area contributed by atoms with Gasteiger partial charge in [0, 0.05) is 5.69 Å². The summed E-state index contributed by atoms with van der Waals surface area (Å²) in [4.78, 5) is 14.6. The third kappa shape index (κ3) is 2.68. The van der Waals surface area contributed by atoms with Crippen molar-refractivity contribution in [2.24, 2.45) is 5.92 Å². The number of carbonyl (C=O) groups is 1. The number of aromatic amines is 1. The summed E-state index contributed by atoms with van der Waals surface area (Å²) >= 11 is 0. The molecule has 1 fully saturated rings. The maximum atomic E-state index is 11.8. The fourth-order valence-corrected chi connectivity index (χ4v) is 2.28. The number of ether oxygens (including phenoxy) is 1. The number of carbonyl (C=O) groups excluding carboxylic acids is 1. The standard InChI is InChI=1S/C13H16N2O2/c1-9-12(6-11(7-14)15-9)13(16)17-8-10-4-2-3-5-10/h6,10,15H,2-5,8H2,1H3. The zero-order chi connectivity index (χ0) is 12.3. The zero-order valence-electron chi connectivity index (χ0n) is 9.95. The Kier molecular flexibility index (Phi) is 3.48. The van der Waals surface area contributed by atoms with Crippen LogP contribution < -0.4 is 0 Å². The molecule has 4 nitrogen and oxygen atoms in total. The Labute approximate surface area is 101 Å². The number of rotatable bonds is 3. The zero-order valence-corrected chi connectivity index (χ0v) is 9.95. The maximum Gasteiger partial charge on any atom is 0.340 e. The van der Waals surface area contributed by atoms with Crippen LogP contribution in [0.4, 0.5) is 0 Å². The van der Waals surface area contributed by atoms with E-state index >= 15 is 0 Å². The van der Waals surface area contributed by atoms with E-state index < -0.39 is 0 Å². The Morgan fingerprint density at radius 3 is 2.88 bits per heavy atom. The fraction of sp³-hybridized carbons (Fsp3) is 0.538. The average Bonchev–Trinajstić information content (AvgIpc) is 2.94. The molecule has 4 heteroatoms. The fourth-order valence-electron chi connectivity index (χ4n) is 2.28. The Morgan fingerprint density at radius 2 is 2.29 bits per heavy atom. The lowest BCUT2D eigenvalue weighted by atomic mass is 10.1. The molecule has 1 heterocycles. The van der Waals surface area contributed by atoms with E-state index in [2.05, 4.69) is 4.98 Å². The maximum absolute atomic E-state index is 11.8. The van der Waals surface area contributed by atoms with E-state index in [1.54, 1.807) is 13.0 Å². The predicted octanol–water partition coefficient (Wildman–Crippen LogP) is 2.54. The van der Waals surface area contributed by atoms with E-state index in [0.717, 1.165) is 12.8 Å². The predicted molar refractivity (Wildman–Crippen MR) is 62.5 cm³/mol. The highest BCUT2D eigenvalue weighted by molar-refractivity contribution is 5.91. The molecule has 0 saturated heterocycles. The van der Waals surface area contributed by atoms with E-state index in [1.165, 1.54) is 12.8 Å². The monoisotopic (exact) mass is 232 g/mol. The number of nitrogens with zero attached hydrogens (tertiary/aromatic N) is 1. The topological polar surface area (TPSA) is 65.9 Å². The summed E-state index contributed by atoms with van der Waals surface area (Å²) < 4.78 is 5.28. The number of aryl methyl sites for hydroxylation is 1. The van der Waals surface area contributed by atoms with Gasteiger partial charge in [-0.05, 0) is 31.7 Å². The van der Waals surface area contributed by atoms with Gasteiger partial charge in [0.05, 0.1) is 12.2 Å². The van der Waals surface area contributed by atoms with Crippen molar-refractivity contribution in [1.82, 2.24) is 4.98 Å². The Bertz CT molecular complexity index is 450. The van der Waals surface area contributed by atoms with Gasteiger partial charge in [0.2, 0.25) is 0 Å². The molecule has 0 unspecified atom stereocenters. The van der Waals surface area contributed by atoms with Crippen LogP contribution in [0.25, 0.3) is 0 Å². The van der Waals surface area contributed by atoms with Gasteiger partial charge in [-0.25, -0.2) is 4.79 Å². The number of esters is 1.